The van der Waals surface area contributed by atoms with Gasteiger partial charge in [0.1, 0.15) is 24.7 Å². The highest BCUT2D eigenvalue weighted by Gasteiger charge is 2.21. The zero-order chi connectivity index (χ0) is 28.4. The predicted molar refractivity (Wildman–Crippen MR) is 163 cm³/mol. The Balaban J connectivity index is 1.40. The van der Waals surface area contributed by atoms with Gasteiger partial charge in [-0.05, 0) is 46.4 Å². The van der Waals surface area contributed by atoms with Crippen LogP contribution in [-0.2, 0) is 24.5 Å². The van der Waals surface area contributed by atoms with Crippen LogP contribution in [0.3, 0.4) is 0 Å². The van der Waals surface area contributed by atoms with Gasteiger partial charge in [-0.15, -0.1) is 0 Å². The molecule has 4 aromatic carbocycles. The van der Waals surface area contributed by atoms with Crippen molar-refractivity contribution in [2.24, 2.45) is 0 Å². The first-order valence-corrected chi connectivity index (χ1v) is 14.3. The van der Waals surface area contributed by atoms with Gasteiger partial charge in [-0.2, -0.15) is 0 Å². The lowest BCUT2D eigenvalue weighted by Crippen LogP contribution is -2.35. The molecule has 0 bridgehead atoms. The number of carbonyl (C=O) groups excluding carboxylic acids is 1. The first-order valence-electron chi connectivity index (χ1n) is 14.3. The fourth-order valence-electron chi connectivity index (χ4n) is 4.88. The number of nitrogens with zero attached hydrogens (tertiary/aromatic N) is 1. The van der Waals surface area contributed by atoms with Gasteiger partial charge in [-0.1, -0.05) is 86.6 Å². The third-order valence-corrected chi connectivity index (χ3v) is 7.15. The largest absolute Gasteiger partial charge is 0.488 e. The SMILES string of the molecule is CC(C)c1cc(C(=O)Nc2cccc(CN3CCOCC3)c2)c(OCc2ccccc2)cc1OCc1ccccc1. The lowest BCUT2D eigenvalue weighted by molar-refractivity contribution is 0.0342. The summed E-state index contributed by atoms with van der Waals surface area (Å²) in [5.74, 6) is 1.14. The summed E-state index contributed by atoms with van der Waals surface area (Å²) in [6.07, 6.45) is 0. The highest BCUT2D eigenvalue weighted by molar-refractivity contribution is 6.06. The molecule has 6 heteroatoms. The van der Waals surface area contributed by atoms with Gasteiger partial charge in [-0.25, -0.2) is 0 Å². The summed E-state index contributed by atoms with van der Waals surface area (Å²) in [4.78, 5) is 16.1. The van der Waals surface area contributed by atoms with E-state index in [0.717, 1.165) is 66.5 Å². The van der Waals surface area contributed by atoms with Crippen molar-refractivity contribution in [1.29, 1.82) is 0 Å². The number of amides is 1. The molecule has 212 valence electrons. The summed E-state index contributed by atoms with van der Waals surface area (Å²) in [6, 6.07) is 31.8. The van der Waals surface area contributed by atoms with E-state index >= 15 is 0 Å². The molecule has 1 saturated heterocycles. The maximum atomic E-state index is 13.8. The van der Waals surface area contributed by atoms with Crippen LogP contribution in [0.1, 0.15) is 52.4 Å². The van der Waals surface area contributed by atoms with E-state index in [4.69, 9.17) is 14.2 Å². The highest BCUT2D eigenvalue weighted by Crippen LogP contribution is 2.35. The van der Waals surface area contributed by atoms with Crippen LogP contribution < -0.4 is 14.8 Å². The molecule has 0 spiro atoms. The van der Waals surface area contributed by atoms with Crippen molar-refractivity contribution in [3.8, 4) is 11.5 Å². The van der Waals surface area contributed by atoms with E-state index in [1.165, 1.54) is 0 Å². The van der Waals surface area contributed by atoms with E-state index in [-0.39, 0.29) is 11.8 Å². The van der Waals surface area contributed by atoms with E-state index in [1.807, 2.05) is 91.0 Å². The number of hydrogen-bond donors (Lipinski definition) is 1. The molecule has 1 N–H and O–H groups in total. The quantitative estimate of drug-likeness (QED) is 0.217. The lowest BCUT2D eigenvalue weighted by atomic mass is 9.98. The lowest BCUT2D eigenvalue weighted by Gasteiger charge is -2.26. The molecular formula is C35H38N2O4. The van der Waals surface area contributed by atoms with Crippen LogP contribution in [0.25, 0.3) is 0 Å². The molecule has 1 fully saturated rings. The number of ether oxygens (including phenoxy) is 3. The van der Waals surface area contributed by atoms with E-state index in [0.29, 0.717) is 24.5 Å². The molecule has 0 radical (unpaired) electrons. The Morgan fingerprint density at radius 2 is 1.39 bits per heavy atom. The molecule has 1 aliphatic heterocycles. The molecule has 0 aromatic heterocycles. The monoisotopic (exact) mass is 550 g/mol. The zero-order valence-corrected chi connectivity index (χ0v) is 23.8. The van der Waals surface area contributed by atoms with E-state index in [9.17, 15) is 4.79 Å². The third-order valence-electron chi connectivity index (χ3n) is 7.15. The number of hydrogen-bond acceptors (Lipinski definition) is 5. The van der Waals surface area contributed by atoms with Gasteiger partial charge in [0.15, 0.2) is 0 Å². The van der Waals surface area contributed by atoms with Crippen molar-refractivity contribution < 1.29 is 19.0 Å². The summed E-state index contributed by atoms with van der Waals surface area (Å²) in [6.45, 7) is 9.14. The number of anilines is 1. The van der Waals surface area contributed by atoms with Gasteiger partial charge >= 0.3 is 0 Å². The summed E-state index contributed by atoms with van der Waals surface area (Å²) in [5.41, 5.74) is 5.44. The molecule has 1 aliphatic rings. The second kappa shape index (κ2) is 14.0. The highest BCUT2D eigenvalue weighted by atomic mass is 16.5. The van der Waals surface area contributed by atoms with Gasteiger partial charge in [-0.3, -0.25) is 9.69 Å². The smallest absolute Gasteiger partial charge is 0.259 e. The molecule has 5 rings (SSSR count). The number of nitrogens with one attached hydrogen (secondary N) is 1. The summed E-state index contributed by atoms with van der Waals surface area (Å²) >= 11 is 0. The maximum absolute atomic E-state index is 13.8. The first kappa shape index (κ1) is 28.4. The molecule has 0 unspecified atom stereocenters. The number of benzene rings is 4. The minimum absolute atomic E-state index is 0.146. The minimum atomic E-state index is -0.215. The zero-order valence-electron chi connectivity index (χ0n) is 23.8. The Hall–Kier alpha value is -4.13. The molecule has 6 nitrogen and oxygen atoms in total. The van der Waals surface area contributed by atoms with Crippen LogP contribution in [0, 0.1) is 0 Å². The molecule has 4 aromatic rings. The molecule has 41 heavy (non-hydrogen) atoms. The van der Waals surface area contributed by atoms with Gasteiger partial charge < -0.3 is 19.5 Å². The summed E-state index contributed by atoms with van der Waals surface area (Å²) in [5, 5.41) is 3.11. The second-order valence-electron chi connectivity index (χ2n) is 10.6. The second-order valence-corrected chi connectivity index (χ2v) is 10.6. The first-order chi connectivity index (χ1) is 20.0. The van der Waals surface area contributed by atoms with Gasteiger partial charge in [0.05, 0.1) is 18.8 Å². The van der Waals surface area contributed by atoms with E-state index < -0.39 is 0 Å². The summed E-state index contributed by atoms with van der Waals surface area (Å²) < 4.78 is 18.0. The van der Waals surface area contributed by atoms with Crippen molar-refractivity contribution in [2.45, 2.75) is 39.5 Å². The maximum Gasteiger partial charge on any atom is 0.259 e. The Bertz CT molecular complexity index is 1420. The fourth-order valence-corrected chi connectivity index (χ4v) is 4.88. The normalized spacial score (nSPS) is 13.6. The van der Waals surface area contributed by atoms with Gasteiger partial charge in [0.2, 0.25) is 0 Å². The van der Waals surface area contributed by atoms with Crippen molar-refractivity contribution in [1.82, 2.24) is 4.90 Å². The number of rotatable bonds is 11. The van der Waals surface area contributed by atoms with E-state index in [1.54, 1.807) is 0 Å². The predicted octanol–water partition coefficient (Wildman–Crippen LogP) is 7.05. The Labute approximate surface area is 242 Å². The fraction of sp³-hybridized carbons (Fsp3) is 0.286. The van der Waals surface area contributed by atoms with Crippen molar-refractivity contribution >= 4 is 11.6 Å². The average Bonchev–Trinajstić information content (AvgIpc) is 3.00. The molecule has 1 heterocycles. The van der Waals surface area contributed by atoms with Crippen LogP contribution in [0.5, 0.6) is 11.5 Å². The van der Waals surface area contributed by atoms with Gasteiger partial charge in [0.25, 0.3) is 5.91 Å². The number of morpholine rings is 1. The third kappa shape index (κ3) is 7.97. The molecule has 1 amide bonds. The van der Waals surface area contributed by atoms with E-state index in [2.05, 4.69) is 30.1 Å². The van der Waals surface area contributed by atoms with Gasteiger partial charge in [0, 0.05) is 31.4 Å². The Morgan fingerprint density at radius 3 is 2.02 bits per heavy atom. The van der Waals surface area contributed by atoms with Crippen molar-refractivity contribution in [3.05, 3.63) is 125 Å². The Kier molecular flexibility index (Phi) is 9.68. The summed E-state index contributed by atoms with van der Waals surface area (Å²) in [7, 11) is 0. The van der Waals surface area contributed by atoms with Crippen LogP contribution in [0.15, 0.2) is 97.1 Å². The Morgan fingerprint density at radius 1 is 0.780 bits per heavy atom. The molecular weight excluding hydrogens is 512 g/mol. The molecule has 0 atom stereocenters. The van der Waals surface area contributed by atoms with Crippen LogP contribution in [0.2, 0.25) is 0 Å². The van der Waals surface area contributed by atoms with Crippen molar-refractivity contribution in [2.75, 3.05) is 31.6 Å². The van der Waals surface area contributed by atoms with Crippen LogP contribution in [0.4, 0.5) is 5.69 Å². The molecule has 0 aliphatic carbocycles. The topological polar surface area (TPSA) is 60.0 Å². The standard InChI is InChI=1S/C35H38N2O4/c1-26(2)31-21-32(35(38)36-30-15-9-14-29(20-30)23-37-16-18-39-19-17-37)34(41-25-28-12-7-4-8-13-28)22-33(31)40-24-27-10-5-3-6-11-27/h3-15,20-22,26H,16-19,23-25H2,1-2H3,(H,36,38). The number of carbonyl (C=O) groups is 1. The van der Waals surface area contributed by atoms with Crippen molar-refractivity contribution in [3.63, 3.8) is 0 Å². The average molecular weight is 551 g/mol. The minimum Gasteiger partial charge on any atom is -0.488 e. The molecule has 0 saturated carbocycles. The van der Waals surface area contributed by atoms with Crippen LogP contribution in [-0.4, -0.2) is 37.1 Å². The van der Waals surface area contributed by atoms with Crippen LogP contribution >= 0.6 is 0 Å².